The molecule has 0 bridgehead atoms. The van der Waals surface area contributed by atoms with Crippen LogP contribution in [0.15, 0.2) is 30.3 Å². The smallest absolute Gasteiger partial charge is 0.216 e. The molecule has 0 saturated carbocycles. The molecule has 0 aliphatic heterocycles. The third kappa shape index (κ3) is 4.94. The molecule has 88 valence electrons. The second kappa shape index (κ2) is 5.66. The van der Waals surface area contributed by atoms with Gasteiger partial charge in [-0.05, 0) is 25.3 Å². The van der Waals surface area contributed by atoms with E-state index in [1.165, 1.54) is 12.5 Å². The Kier molecular flexibility index (Phi) is 4.50. The molecule has 0 aromatic heterocycles. The van der Waals surface area contributed by atoms with Crippen LogP contribution in [-0.2, 0) is 11.2 Å². The fourth-order valence-corrected chi connectivity index (χ4v) is 1.46. The lowest BCUT2D eigenvalue weighted by Gasteiger charge is -2.23. The van der Waals surface area contributed by atoms with Crippen molar-refractivity contribution in [3.63, 3.8) is 0 Å². The van der Waals surface area contributed by atoms with Crippen molar-refractivity contribution in [3.05, 3.63) is 35.9 Å². The molecule has 0 saturated heterocycles. The molecule has 3 nitrogen and oxygen atoms in total. The number of aryl methyl sites for hydroxylation is 1. The van der Waals surface area contributed by atoms with Crippen LogP contribution in [0.4, 0.5) is 0 Å². The summed E-state index contributed by atoms with van der Waals surface area (Å²) in [6.07, 6.45) is 1.45. The average molecular weight is 221 g/mol. The number of benzene rings is 1. The Labute approximate surface area is 96.5 Å². The van der Waals surface area contributed by atoms with Gasteiger partial charge in [-0.1, -0.05) is 30.3 Å². The van der Waals surface area contributed by atoms with E-state index in [2.05, 4.69) is 5.32 Å². The summed E-state index contributed by atoms with van der Waals surface area (Å²) < 4.78 is 0. The zero-order valence-corrected chi connectivity index (χ0v) is 9.86. The fraction of sp³-hybridized carbons (Fsp3) is 0.462. The molecule has 0 aliphatic rings. The molecule has 1 aromatic rings. The summed E-state index contributed by atoms with van der Waals surface area (Å²) in [6.45, 7) is 3.49. The molecule has 2 N–H and O–H groups in total. The first kappa shape index (κ1) is 12.7. The van der Waals surface area contributed by atoms with E-state index in [0.717, 1.165) is 6.42 Å². The molecule has 0 fully saturated rings. The number of aliphatic hydroxyl groups is 1. The van der Waals surface area contributed by atoms with E-state index in [-0.39, 0.29) is 5.91 Å². The maximum absolute atomic E-state index is 10.7. The van der Waals surface area contributed by atoms with Crippen molar-refractivity contribution >= 4 is 5.91 Å². The number of hydrogen-bond acceptors (Lipinski definition) is 2. The van der Waals surface area contributed by atoms with Crippen LogP contribution in [0.25, 0.3) is 0 Å². The van der Waals surface area contributed by atoms with Gasteiger partial charge in [0.25, 0.3) is 0 Å². The SMILES string of the molecule is CC(=O)NC[C@](C)(O)CCc1ccccc1. The third-order valence-corrected chi connectivity index (χ3v) is 2.51. The highest BCUT2D eigenvalue weighted by molar-refractivity contribution is 5.72. The van der Waals surface area contributed by atoms with Gasteiger partial charge in [0.1, 0.15) is 0 Å². The van der Waals surface area contributed by atoms with Crippen LogP contribution in [0, 0.1) is 0 Å². The number of amides is 1. The first-order valence-corrected chi connectivity index (χ1v) is 5.50. The largest absolute Gasteiger partial charge is 0.388 e. The Bertz CT molecular complexity index is 333. The van der Waals surface area contributed by atoms with Crippen LogP contribution < -0.4 is 5.32 Å². The number of nitrogens with one attached hydrogen (secondary N) is 1. The molecule has 16 heavy (non-hydrogen) atoms. The Morgan fingerprint density at radius 3 is 2.56 bits per heavy atom. The van der Waals surface area contributed by atoms with Crippen LogP contribution in [0.3, 0.4) is 0 Å². The quantitative estimate of drug-likeness (QED) is 0.791. The van der Waals surface area contributed by atoms with Crippen LogP contribution >= 0.6 is 0 Å². The molecule has 0 aliphatic carbocycles. The average Bonchev–Trinajstić information content (AvgIpc) is 2.26. The summed E-state index contributed by atoms with van der Waals surface area (Å²) in [5.41, 5.74) is 0.354. The van der Waals surface area contributed by atoms with Gasteiger partial charge in [-0.2, -0.15) is 0 Å². The zero-order valence-electron chi connectivity index (χ0n) is 9.86. The molecule has 0 radical (unpaired) electrons. The van der Waals surface area contributed by atoms with Crippen molar-refractivity contribution in [1.29, 1.82) is 0 Å². The lowest BCUT2D eigenvalue weighted by atomic mass is 9.97. The molecule has 0 spiro atoms. The maximum Gasteiger partial charge on any atom is 0.216 e. The minimum Gasteiger partial charge on any atom is -0.388 e. The minimum absolute atomic E-state index is 0.111. The summed E-state index contributed by atoms with van der Waals surface area (Å²) in [5.74, 6) is -0.111. The van der Waals surface area contributed by atoms with Crippen molar-refractivity contribution in [2.45, 2.75) is 32.3 Å². The second-order valence-electron chi connectivity index (χ2n) is 4.39. The van der Waals surface area contributed by atoms with Gasteiger partial charge < -0.3 is 10.4 Å². The predicted octanol–water partition coefficient (Wildman–Crippen LogP) is 1.51. The molecule has 1 rings (SSSR count). The summed E-state index contributed by atoms with van der Waals surface area (Å²) in [4.78, 5) is 10.7. The molecule has 0 unspecified atom stereocenters. The summed E-state index contributed by atoms with van der Waals surface area (Å²) in [6, 6.07) is 10.0. The van der Waals surface area contributed by atoms with E-state index in [0.29, 0.717) is 13.0 Å². The van der Waals surface area contributed by atoms with E-state index < -0.39 is 5.60 Å². The van der Waals surface area contributed by atoms with E-state index in [1.54, 1.807) is 6.92 Å². The van der Waals surface area contributed by atoms with Crippen molar-refractivity contribution in [3.8, 4) is 0 Å². The molecule has 1 atom stereocenters. The van der Waals surface area contributed by atoms with Gasteiger partial charge in [-0.25, -0.2) is 0 Å². The summed E-state index contributed by atoms with van der Waals surface area (Å²) >= 11 is 0. The Balaban J connectivity index is 2.38. The van der Waals surface area contributed by atoms with E-state index in [1.807, 2.05) is 30.3 Å². The lowest BCUT2D eigenvalue weighted by Crippen LogP contribution is -2.40. The first-order valence-electron chi connectivity index (χ1n) is 5.50. The van der Waals surface area contributed by atoms with Gasteiger partial charge in [-0.3, -0.25) is 4.79 Å². The van der Waals surface area contributed by atoms with Crippen LogP contribution in [0.2, 0.25) is 0 Å². The highest BCUT2D eigenvalue weighted by Gasteiger charge is 2.20. The molecule has 1 aromatic carbocycles. The van der Waals surface area contributed by atoms with Crippen LogP contribution in [-0.4, -0.2) is 23.2 Å². The molecule has 1 amide bonds. The lowest BCUT2D eigenvalue weighted by molar-refractivity contribution is -0.120. The van der Waals surface area contributed by atoms with Crippen LogP contribution in [0.5, 0.6) is 0 Å². The number of carbonyl (C=O) groups is 1. The van der Waals surface area contributed by atoms with E-state index in [4.69, 9.17) is 0 Å². The second-order valence-corrected chi connectivity index (χ2v) is 4.39. The van der Waals surface area contributed by atoms with Gasteiger partial charge in [0.15, 0.2) is 0 Å². The zero-order chi connectivity index (χ0) is 12.0. The number of rotatable bonds is 5. The minimum atomic E-state index is -0.846. The Hall–Kier alpha value is -1.35. The van der Waals surface area contributed by atoms with Crippen LogP contribution in [0.1, 0.15) is 25.8 Å². The summed E-state index contributed by atoms with van der Waals surface area (Å²) in [7, 11) is 0. The fourth-order valence-electron chi connectivity index (χ4n) is 1.46. The van der Waals surface area contributed by atoms with E-state index >= 15 is 0 Å². The molecular formula is C13H19NO2. The van der Waals surface area contributed by atoms with E-state index in [9.17, 15) is 9.90 Å². The highest BCUT2D eigenvalue weighted by Crippen LogP contribution is 2.13. The molecule has 0 heterocycles. The molecule has 3 heteroatoms. The predicted molar refractivity (Wildman–Crippen MR) is 64.1 cm³/mol. The Morgan fingerprint density at radius 2 is 2.00 bits per heavy atom. The molecular weight excluding hydrogens is 202 g/mol. The normalized spacial score (nSPS) is 14.2. The topological polar surface area (TPSA) is 49.3 Å². The summed E-state index contributed by atoms with van der Waals surface area (Å²) in [5, 5.41) is 12.6. The van der Waals surface area contributed by atoms with Gasteiger partial charge in [0.05, 0.1) is 5.60 Å². The monoisotopic (exact) mass is 221 g/mol. The van der Waals surface area contributed by atoms with Crippen molar-refractivity contribution in [1.82, 2.24) is 5.32 Å². The van der Waals surface area contributed by atoms with Gasteiger partial charge >= 0.3 is 0 Å². The Morgan fingerprint density at radius 1 is 1.38 bits per heavy atom. The maximum atomic E-state index is 10.7. The number of carbonyl (C=O) groups excluding carboxylic acids is 1. The van der Waals surface area contributed by atoms with Crippen molar-refractivity contribution < 1.29 is 9.90 Å². The number of hydrogen-bond donors (Lipinski definition) is 2. The van der Waals surface area contributed by atoms with Gasteiger partial charge in [-0.15, -0.1) is 0 Å². The first-order chi connectivity index (χ1) is 7.49. The van der Waals surface area contributed by atoms with Gasteiger partial charge in [0, 0.05) is 13.5 Å². The van der Waals surface area contributed by atoms with Gasteiger partial charge in [0.2, 0.25) is 5.91 Å². The standard InChI is InChI=1S/C13H19NO2/c1-11(15)14-10-13(2,16)9-8-12-6-4-3-5-7-12/h3-7,16H,8-10H2,1-2H3,(H,14,15)/t13-/m1/s1. The van der Waals surface area contributed by atoms with Crippen molar-refractivity contribution in [2.24, 2.45) is 0 Å². The highest BCUT2D eigenvalue weighted by atomic mass is 16.3. The third-order valence-electron chi connectivity index (χ3n) is 2.51. The van der Waals surface area contributed by atoms with Crippen molar-refractivity contribution in [2.75, 3.05) is 6.54 Å².